The highest BCUT2D eigenvalue weighted by Gasteiger charge is 2.11. The van der Waals surface area contributed by atoms with E-state index in [1.807, 2.05) is 17.0 Å². The molecule has 0 aromatic carbocycles. The molecule has 2 aromatic rings. The minimum atomic E-state index is 0.0292. The Labute approximate surface area is 145 Å². The highest BCUT2D eigenvalue weighted by molar-refractivity contribution is 8.00. The summed E-state index contributed by atoms with van der Waals surface area (Å²) in [7, 11) is 0. The molecule has 2 aromatic heterocycles. The number of aryl methyl sites for hydroxylation is 2. The summed E-state index contributed by atoms with van der Waals surface area (Å²) in [4.78, 5) is 16.5. The van der Waals surface area contributed by atoms with E-state index >= 15 is 0 Å². The zero-order valence-electron chi connectivity index (χ0n) is 14.2. The molecule has 5 nitrogen and oxygen atoms in total. The molecule has 0 bridgehead atoms. The van der Waals surface area contributed by atoms with Crippen molar-refractivity contribution < 1.29 is 4.79 Å². The van der Waals surface area contributed by atoms with Gasteiger partial charge in [0.05, 0.1) is 17.8 Å². The Morgan fingerprint density at radius 3 is 2.83 bits per heavy atom. The quantitative estimate of drug-likeness (QED) is 0.742. The van der Waals surface area contributed by atoms with Gasteiger partial charge in [0.25, 0.3) is 0 Å². The van der Waals surface area contributed by atoms with E-state index < -0.39 is 0 Å². The molecule has 126 valence electrons. The van der Waals surface area contributed by atoms with E-state index in [9.17, 15) is 4.79 Å². The Balaban J connectivity index is 1.81. The van der Waals surface area contributed by atoms with Gasteiger partial charge in [0.2, 0.25) is 5.91 Å². The van der Waals surface area contributed by atoms with Crippen LogP contribution >= 0.6 is 23.1 Å². The maximum atomic E-state index is 12.0. The fourth-order valence-electron chi connectivity index (χ4n) is 2.52. The third-order valence-corrected chi connectivity index (χ3v) is 5.62. The third kappa shape index (κ3) is 4.81. The third-order valence-electron chi connectivity index (χ3n) is 3.67. The van der Waals surface area contributed by atoms with Crippen LogP contribution in [-0.2, 0) is 24.2 Å². The standard InChI is InChI=1S/C16H24N4OS2/c1-5-20-12(4)14(11(3)19-20)7-8-17-15(21)9-13-10-23-16(18-13)22-6-2/h10H,5-9H2,1-4H3,(H,17,21). The number of thiazole rings is 1. The molecule has 0 aliphatic rings. The first-order valence-corrected chi connectivity index (χ1v) is 9.78. The molecular formula is C16H24N4OS2. The number of rotatable bonds is 8. The molecule has 0 radical (unpaired) electrons. The van der Waals surface area contributed by atoms with Crippen LogP contribution in [0, 0.1) is 13.8 Å². The molecule has 0 unspecified atom stereocenters. The fraction of sp³-hybridized carbons (Fsp3) is 0.562. The maximum absolute atomic E-state index is 12.0. The van der Waals surface area contributed by atoms with Crippen molar-refractivity contribution in [3.8, 4) is 0 Å². The van der Waals surface area contributed by atoms with Crippen molar-refractivity contribution in [2.45, 2.75) is 51.4 Å². The van der Waals surface area contributed by atoms with E-state index in [0.717, 1.165) is 34.4 Å². The van der Waals surface area contributed by atoms with Gasteiger partial charge in [-0.15, -0.1) is 11.3 Å². The SMILES string of the molecule is CCSc1nc(CC(=O)NCCc2c(C)nn(CC)c2C)cs1. The van der Waals surface area contributed by atoms with Crippen LogP contribution in [0.4, 0.5) is 0 Å². The summed E-state index contributed by atoms with van der Waals surface area (Å²) in [5.41, 5.74) is 4.34. The average molecular weight is 353 g/mol. The van der Waals surface area contributed by atoms with Gasteiger partial charge < -0.3 is 5.32 Å². The number of nitrogens with zero attached hydrogens (tertiary/aromatic N) is 3. The predicted octanol–water partition coefficient (Wildman–Crippen LogP) is 2.99. The van der Waals surface area contributed by atoms with Crippen molar-refractivity contribution in [1.82, 2.24) is 20.1 Å². The van der Waals surface area contributed by atoms with Gasteiger partial charge in [-0.1, -0.05) is 18.7 Å². The van der Waals surface area contributed by atoms with Gasteiger partial charge in [0, 0.05) is 24.2 Å². The van der Waals surface area contributed by atoms with Gasteiger partial charge in [-0.25, -0.2) is 4.98 Å². The number of nitrogens with one attached hydrogen (secondary N) is 1. The summed E-state index contributed by atoms with van der Waals surface area (Å²) >= 11 is 3.32. The Bertz CT molecular complexity index is 663. The Kier molecular flexibility index (Phi) is 6.65. The van der Waals surface area contributed by atoms with Crippen molar-refractivity contribution in [2.75, 3.05) is 12.3 Å². The molecule has 0 saturated carbocycles. The molecule has 23 heavy (non-hydrogen) atoms. The summed E-state index contributed by atoms with van der Waals surface area (Å²) in [5, 5.41) is 9.46. The first-order chi connectivity index (χ1) is 11.0. The van der Waals surface area contributed by atoms with E-state index in [4.69, 9.17) is 0 Å². The number of carbonyl (C=O) groups excluding carboxylic acids is 1. The second-order valence-electron chi connectivity index (χ2n) is 5.28. The number of carbonyl (C=O) groups is 1. The summed E-state index contributed by atoms with van der Waals surface area (Å²) < 4.78 is 3.04. The lowest BCUT2D eigenvalue weighted by molar-refractivity contribution is -0.120. The topological polar surface area (TPSA) is 59.8 Å². The van der Waals surface area contributed by atoms with Crippen LogP contribution < -0.4 is 5.32 Å². The van der Waals surface area contributed by atoms with Gasteiger partial charge in [-0.05, 0) is 38.5 Å². The van der Waals surface area contributed by atoms with Crippen LogP contribution in [0.25, 0.3) is 0 Å². The highest BCUT2D eigenvalue weighted by Crippen LogP contribution is 2.22. The first kappa shape index (κ1) is 18.0. The van der Waals surface area contributed by atoms with Crippen LogP contribution in [-0.4, -0.2) is 33.0 Å². The van der Waals surface area contributed by atoms with Crippen LogP contribution in [0.3, 0.4) is 0 Å². The summed E-state index contributed by atoms with van der Waals surface area (Å²) in [6.45, 7) is 9.81. The van der Waals surface area contributed by atoms with E-state index in [2.05, 4.69) is 36.2 Å². The monoisotopic (exact) mass is 352 g/mol. The summed E-state index contributed by atoms with van der Waals surface area (Å²) in [5.74, 6) is 1.03. The van der Waals surface area contributed by atoms with Crippen molar-refractivity contribution >= 4 is 29.0 Å². The molecule has 0 aliphatic carbocycles. The van der Waals surface area contributed by atoms with Crippen LogP contribution in [0.5, 0.6) is 0 Å². The largest absolute Gasteiger partial charge is 0.355 e. The molecular weight excluding hydrogens is 328 g/mol. The highest BCUT2D eigenvalue weighted by atomic mass is 32.2. The van der Waals surface area contributed by atoms with Gasteiger partial charge in [0.15, 0.2) is 0 Å². The molecule has 0 saturated heterocycles. The smallest absolute Gasteiger partial charge is 0.226 e. The number of hydrogen-bond donors (Lipinski definition) is 1. The van der Waals surface area contributed by atoms with Gasteiger partial charge in [-0.2, -0.15) is 5.10 Å². The van der Waals surface area contributed by atoms with Crippen molar-refractivity contribution in [3.05, 3.63) is 28.0 Å². The number of amides is 1. The first-order valence-electron chi connectivity index (χ1n) is 7.91. The number of thioether (sulfide) groups is 1. The zero-order chi connectivity index (χ0) is 16.8. The lowest BCUT2D eigenvalue weighted by atomic mass is 10.1. The number of aromatic nitrogens is 3. The van der Waals surface area contributed by atoms with E-state index in [1.54, 1.807) is 23.1 Å². The van der Waals surface area contributed by atoms with E-state index in [1.165, 1.54) is 11.3 Å². The second-order valence-corrected chi connectivity index (χ2v) is 7.65. The number of hydrogen-bond acceptors (Lipinski definition) is 5. The maximum Gasteiger partial charge on any atom is 0.226 e. The van der Waals surface area contributed by atoms with Gasteiger partial charge >= 0.3 is 0 Å². The molecule has 0 fully saturated rings. The molecule has 1 amide bonds. The lowest BCUT2D eigenvalue weighted by Crippen LogP contribution is -2.27. The Morgan fingerprint density at radius 1 is 1.39 bits per heavy atom. The van der Waals surface area contributed by atoms with Crippen molar-refractivity contribution in [3.63, 3.8) is 0 Å². The minimum absolute atomic E-state index is 0.0292. The van der Waals surface area contributed by atoms with E-state index in [-0.39, 0.29) is 5.91 Å². The molecule has 2 heterocycles. The normalized spacial score (nSPS) is 11.0. The molecule has 7 heteroatoms. The van der Waals surface area contributed by atoms with Crippen molar-refractivity contribution in [2.24, 2.45) is 0 Å². The summed E-state index contributed by atoms with van der Waals surface area (Å²) in [6.07, 6.45) is 1.17. The zero-order valence-corrected chi connectivity index (χ0v) is 15.8. The lowest BCUT2D eigenvalue weighted by Gasteiger charge is -2.05. The van der Waals surface area contributed by atoms with Crippen molar-refractivity contribution in [1.29, 1.82) is 0 Å². The molecule has 0 atom stereocenters. The van der Waals surface area contributed by atoms with Gasteiger partial charge in [0.1, 0.15) is 4.34 Å². The molecule has 0 aliphatic heterocycles. The summed E-state index contributed by atoms with van der Waals surface area (Å²) in [6, 6.07) is 0. The minimum Gasteiger partial charge on any atom is -0.355 e. The fourth-order valence-corrected chi connectivity index (χ4v) is 4.26. The van der Waals surface area contributed by atoms with Gasteiger partial charge in [-0.3, -0.25) is 9.48 Å². The van der Waals surface area contributed by atoms with Crippen LogP contribution in [0.15, 0.2) is 9.72 Å². The molecule has 2 rings (SSSR count). The van der Waals surface area contributed by atoms with Crippen LogP contribution in [0.2, 0.25) is 0 Å². The Morgan fingerprint density at radius 2 is 2.17 bits per heavy atom. The predicted molar refractivity (Wildman–Crippen MR) is 96.3 cm³/mol. The average Bonchev–Trinajstić information content (AvgIpc) is 3.06. The molecule has 1 N–H and O–H groups in total. The molecule has 0 spiro atoms. The van der Waals surface area contributed by atoms with Crippen LogP contribution in [0.1, 0.15) is 36.5 Å². The Hall–Kier alpha value is -1.34. The second kappa shape index (κ2) is 8.49. The van der Waals surface area contributed by atoms with E-state index in [0.29, 0.717) is 13.0 Å².